The maximum atomic E-state index is 4.43. The Morgan fingerprint density at radius 1 is 1.00 bits per heavy atom. The van der Waals surface area contributed by atoms with Gasteiger partial charge in [0.2, 0.25) is 0 Å². The summed E-state index contributed by atoms with van der Waals surface area (Å²) in [6.07, 6.45) is 6.30. The van der Waals surface area contributed by atoms with Gasteiger partial charge in [0.1, 0.15) is 5.69 Å². The third kappa shape index (κ3) is 3.20. The monoisotopic (exact) mass is 333 g/mol. The third-order valence-corrected chi connectivity index (χ3v) is 5.07. The number of rotatable bonds is 4. The average Bonchev–Trinajstić information content (AvgIpc) is 3.33. The Morgan fingerprint density at radius 3 is 2.44 bits per heavy atom. The normalized spacial score (nSPS) is 16.2. The molecule has 0 spiro atoms. The summed E-state index contributed by atoms with van der Waals surface area (Å²) >= 11 is 0. The average molecular weight is 333 g/mol. The molecular weight excluding hydrogens is 310 g/mol. The molecule has 0 saturated carbocycles. The van der Waals surface area contributed by atoms with Crippen molar-refractivity contribution in [2.24, 2.45) is 7.05 Å². The Bertz CT molecular complexity index is 847. The minimum atomic E-state index is 0.447. The van der Waals surface area contributed by atoms with Gasteiger partial charge < -0.3 is 4.57 Å². The van der Waals surface area contributed by atoms with Gasteiger partial charge in [-0.25, -0.2) is 4.98 Å². The lowest BCUT2D eigenvalue weighted by atomic mass is 10.0. The lowest BCUT2D eigenvalue weighted by Gasteiger charge is -2.24. The number of benzene rings is 1. The fourth-order valence-corrected chi connectivity index (χ4v) is 3.52. The van der Waals surface area contributed by atoms with Crippen molar-refractivity contribution in [3.63, 3.8) is 0 Å². The zero-order valence-electron chi connectivity index (χ0n) is 14.8. The van der Waals surface area contributed by atoms with Gasteiger partial charge in [-0.05, 0) is 56.6 Å². The van der Waals surface area contributed by atoms with Crippen molar-refractivity contribution in [2.75, 3.05) is 13.1 Å². The first-order chi connectivity index (χ1) is 12.2. The number of likely N-dealkylation sites (tertiary alicyclic amines) is 1. The van der Waals surface area contributed by atoms with E-state index in [9.17, 15) is 0 Å². The van der Waals surface area contributed by atoms with E-state index in [0.717, 1.165) is 22.8 Å². The largest absolute Gasteiger partial charge is 0.333 e. The molecule has 3 heterocycles. The standard InChI is InChI=1S/C20H23N5/c1-15(25-11-3-4-12-25)16-6-5-7-17(14-16)18-8-9-19(23-22-18)20-21-10-13-24(20)2/h5-10,13-15H,3-4,11-12H2,1-2H3. The van der Waals surface area contributed by atoms with Crippen LogP contribution in [0, 0.1) is 0 Å². The summed E-state index contributed by atoms with van der Waals surface area (Å²) in [4.78, 5) is 6.88. The van der Waals surface area contributed by atoms with Crippen molar-refractivity contribution in [1.29, 1.82) is 0 Å². The van der Waals surface area contributed by atoms with Crippen LogP contribution in [0.1, 0.15) is 31.4 Å². The summed E-state index contributed by atoms with van der Waals surface area (Å²) in [5.41, 5.74) is 4.14. The van der Waals surface area contributed by atoms with Gasteiger partial charge in [-0.15, -0.1) is 10.2 Å². The Morgan fingerprint density at radius 2 is 1.76 bits per heavy atom. The first-order valence-corrected chi connectivity index (χ1v) is 8.88. The highest BCUT2D eigenvalue weighted by Gasteiger charge is 2.19. The van der Waals surface area contributed by atoms with Crippen molar-refractivity contribution in [3.05, 3.63) is 54.4 Å². The topological polar surface area (TPSA) is 46.8 Å². The van der Waals surface area contributed by atoms with Gasteiger partial charge in [-0.3, -0.25) is 4.90 Å². The van der Waals surface area contributed by atoms with Crippen molar-refractivity contribution < 1.29 is 0 Å². The molecule has 4 rings (SSSR count). The molecule has 1 aliphatic heterocycles. The van der Waals surface area contributed by atoms with Gasteiger partial charge in [0.15, 0.2) is 5.82 Å². The van der Waals surface area contributed by atoms with Crippen LogP contribution in [-0.4, -0.2) is 37.7 Å². The summed E-state index contributed by atoms with van der Waals surface area (Å²) < 4.78 is 1.95. The van der Waals surface area contributed by atoms with Gasteiger partial charge in [0, 0.05) is 31.0 Å². The van der Waals surface area contributed by atoms with E-state index in [1.54, 1.807) is 6.20 Å². The van der Waals surface area contributed by atoms with Gasteiger partial charge in [0.05, 0.1) is 5.69 Å². The van der Waals surface area contributed by atoms with E-state index in [1.807, 2.05) is 29.9 Å². The van der Waals surface area contributed by atoms with Gasteiger partial charge in [-0.1, -0.05) is 18.2 Å². The molecule has 1 aromatic carbocycles. The molecule has 0 radical (unpaired) electrons. The highest BCUT2D eigenvalue weighted by Crippen LogP contribution is 2.28. The van der Waals surface area contributed by atoms with Crippen LogP contribution in [0.25, 0.3) is 22.8 Å². The van der Waals surface area contributed by atoms with Crippen LogP contribution < -0.4 is 0 Å². The van der Waals surface area contributed by atoms with Crippen molar-refractivity contribution in [1.82, 2.24) is 24.6 Å². The van der Waals surface area contributed by atoms with Crippen LogP contribution >= 0.6 is 0 Å². The summed E-state index contributed by atoms with van der Waals surface area (Å²) in [6.45, 7) is 4.69. The zero-order chi connectivity index (χ0) is 17.2. The van der Waals surface area contributed by atoms with E-state index in [1.165, 1.54) is 31.5 Å². The molecular formula is C20H23N5. The van der Waals surface area contributed by atoms with Crippen LogP contribution in [0.4, 0.5) is 0 Å². The van der Waals surface area contributed by atoms with E-state index in [2.05, 4.69) is 51.3 Å². The first-order valence-electron chi connectivity index (χ1n) is 8.88. The molecule has 5 nitrogen and oxygen atoms in total. The number of hydrogen-bond acceptors (Lipinski definition) is 4. The number of imidazole rings is 1. The minimum absolute atomic E-state index is 0.447. The molecule has 1 fully saturated rings. The van der Waals surface area contributed by atoms with Crippen LogP contribution in [0.5, 0.6) is 0 Å². The molecule has 128 valence electrons. The zero-order valence-corrected chi connectivity index (χ0v) is 14.8. The highest BCUT2D eigenvalue weighted by molar-refractivity contribution is 5.61. The van der Waals surface area contributed by atoms with Crippen LogP contribution in [-0.2, 0) is 7.05 Å². The van der Waals surface area contributed by atoms with Gasteiger partial charge >= 0.3 is 0 Å². The molecule has 0 aliphatic carbocycles. The Balaban J connectivity index is 1.59. The Hall–Kier alpha value is -2.53. The summed E-state index contributed by atoms with van der Waals surface area (Å²) in [6, 6.07) is 13.1. The SMILES string of the molecule is CC(c1cccc(-c2ccc(-c3nccn3C)nn2)c1)N1CCCC1. The first kappa shape index (κ1) is 16.0. The number of aryl methyl sites for hydroxylation is 1. The maximum absolute atomic E-state index is 4.43. The van der Waals surface area contributed by atoms with Crippen LogP contribution in [0.15, 0.2) is 48.8 Å². The minimum Gasteiger partial charge on any atom is -0.333 e. The van der Waals surface area contributed by atoms with Gasteiger partial charge in [0.25, 0.3) is 0 Å². The van der Waals surface area contributed by atoms with E-state index >= 15 is 0 Å². The molecule has 1 saturated heterocycles. The summed E-state index contributed by atoms with van der Waals surface area (Å²) in [5, 5.41) is 8.79. The fraction of sp³-hybridized carbons (Fsp3) is 0.350. The third-order valence-electron chi connectivity index (χ3n) is 5.07. The van der Waals surface area contributed by atoms with E-state index in [0.29, 0.717) is 6.04 Å². The Labute approximate surface area is 148 Å². The number of aromatic nitrogens is 4. The highest BCUT2D eigenvalue weighted by atomic mass is 15.2. The number of nitrogens with zero attached hydrogens (tertiary/aromatic N) is 5. The summed E-state index contributed by atoms with van der Waals surface area (Å²) in [5.74, 6) is 0.829. The molecule has 0 bridgehead atoms. The van der Waals surface area contributed by atoms with E-state index < -0.39 is 0 Å². The second-order valence-corrected chi connectivity index (χ2v) is 6.71. The molecule has 1 atom stereocenters. The number of hydrogen-bond donors (Lipinski definition) is 0. The second-order valence-electron chi connectivity index (χ2n) is 6.71. The van der Waals surface area contributed by atoms with E-state index in [4.69, 9.17) is 0 Å². The second kappa shape index (κ2) is 6.76. The molecule has 5 heteroatoms. The lowest BCUT2D eigenvalue weighted by molar-refractivity contribution is 0.263. The molecule has 1 aliphatic rings. The molecule has 2 aromatic heterocycles. The lowest BCUT2D eigenvalue weighted by Crippen LogP contribution is -2.23. The Kier molecular flexibility index (Phi) is 4.32. The van der Waals surface area contributed by atoms with Crippen LogP contribution in [0.3, 0.4) is 0 Å². The van der Waals surface area contributed by atoms with Crippen LogP contribution in [0.2, 0.25) is 0 Å². The molecule has 0 N–H and O–H groups in total. The predicted molar refractivity (Wildman–Crippen MR) is 98.9 cm³/mol. The van der Waals surface area contributed by atoms with E-state index in [-0.39, 0.29) is 0 Å². The molecule has 1 unspecified atom stereocenters. The predicted octanol–water partition coefficient (Wildman–Crippen LogP) is 3.70. The smallest absolute Gasteiger partial charge is 0.160 e. The maximum Gasteiger partial charge on any atom is 0.160 e. The summed E-state index contributed by atoms with van der Waals surface area (Å²) in [7, 11) is 1.96. The molecule has 0 amide bonds. The quantitative estimate of drug-likeness (QED) is 0.730. The van der Waals surface area contributed by atoms with Crippen molar-refractivity contribution in [2.45, 2.75) is 25.8 Å². The van der Waals surface area contributed by atoms with Crippen molar-refractivity contribution in [3.8, 4) is 22.8 Å². The molecule has 3 aromatic rings. The van der Waals surface area contributed by atoms with Gasteiger partial charge in [-0.2, -0.15) is 0 Å². The fourth-order valence-electron chi connectivity index (χ4n) is 3.52. The van der Waals surface area contributed by atoms with Crippen molar-refractivity contribution >= 4 is 0 Å². The molecule has 25 heavy (non-hydrogen) atoms.